The molecule has 0 fully saturated rings. The van der Waals surface area contributed by atoms with E-state index in [0.29, 0.717) is 16.5 Å². The first-order valence-corrected chi connectivity index (χ1v) is 9.44. The van der Waals surface area contributed by atoms with Crippen molar-refractivity contribution >= 4 is 40.9 Å². The summed E-state index contributed by atoms with van der Waals surface area (Å²) in [6, 6.07) is 12.8. The average Bonchev–Trinajstić information content (AvgIpc) is 2.63. The molecular formula is C19H20ClNO4S. The van der Waals surface area contributed by atoms with Crippen molar-refractivity contribution in [1.82, 2.24) is 0 Å². The second-order valence-electron chi connectivity index (χ2n) is 5.49. The van der Waals surface area contributed by atoms with Gasteiger partial charge in [0.1, 0.15) is 12.4 Å². The van der Waals surface area contributed by atoms with Crippen LogP contribution in [0.25, 0.3) is 0 Å². The van der Waals surface area contributed by atoms with Crippen molar-refractivity contribution in [3.05, 3.63) is 58.6 Å². The molecule has 0 spiro atoms. The van der Waals surface area contributed by atoms with Crippen LogP contribution in [0.1, 0.15) is 11.1 Å². The maximum absolute atomic E-state index is 12.1. The number of carbonyl (C=O) groups is 2. The Morgan fingerprint density at radius 2 is 1.88 bits per heavy atom. The number of rotatable bonds is 8. The predicted octanol–water partition coefficient (Wildman–Crippen LogP) is 4.07. The summed E-state index contributed by atoms with van der Waals surface area (Å²) in [6.07, 6.45) is 0. The smallest absolute Gasteiger partial charge is 0.316 e. The molecule has 0 saturated carbocycles. The zero-order valence-corrected chi connectivity index (χ0v) is 16.2. The highest BCUT2D eigenvalue weighted by molar-refractivity contribution is 8.00. The minimum atomic E-state index is -0.355. The van der Waals surface area contributed by atoms with Crippen molar-refractivity contribution in [1.29, 1.82) is 0 Å². The molecular weight excluding hydrogens is 374 g/mol. The van der Waals surface area contributed by atoms with Crippen LogP contribution < -0.4 is 10.1 Å². The van der Waals surface area contributed by atoms with Crippen molar-refractivity contribution in [2.24, 2.45) is 0 Å². The molecule has 0 aliphatic carbocycles. The minimum absolute atomic E-state index is 0.108. The van der Waals surface area contributed by atoms with Gasteiger partial charge in [-0.1, -0.05) is 41.9 Å². The molecule has 26 heavy (non-hydrogen) atoms. The van der Waals surface area contributed by atoms with Gasteiger partial charge in [0.15, 0.2) is 0 Å². The third-order valence-electron chi connectivity index (χ3n) is 3.45. The van der Waals surface area contributed by atoms with Gasteiger partial charge in [-0.2, -0.15) is 0 Å². The van der Waals surface area contributed by atoms with Crippen molar-refractivity contribution in [2.45, 2.75) is 13.5 Å². The van der Waals surface area contributed by atoms with Gasteiger partial charge in [0.25, 0.3) is 0 Å². The fourth-order valence-electron chi connectivity index (χ4n) is 2.12. The van der Waals surface area contributed by atoms with Gasteiger partial charge >= 0.3 is 5.97 Å². The van der Waals surface area contributed by atoms with Crippen molar-refractivity contribution < 1.29 is 19.1 Å². The van der Waals surface area contributed by atoms with Crippen LogP contribution in [0.15, 0.2) is 42.5 Å². The highest BCUT2D eigenvalue weighted by Crippen LogP contribution is 2.31. The molecule has 0 aromatic heterocycles. The van der Waals surface area contributed by atoms with E-state index in [9.17, 15) is 9.59 Å². The average molecular weight is 394 g/mol. The quantitative estimate of drug-likeness (QED) is 0.685. The first-order valence-electron chi connectivity index (χ1n) is 7.91. The molecule has 2 rings (SSSR count). The molecule has 0 heterocycles. The van der Waals surface area contributed by atoms with Crippen LogP contribution in [0, 0.1) is 6.92 Å². The highest BCUT2D eigenvalue weighted by atomic mass is 35.5. The Hall–Kier alpha value is -2.18. The number of amides is 1. The van der Waals surface area contributed by atoms with Crippen LogP contribution in [-0.4, -0.2) is 30.5 Å². The van der Waals surface area contributed by atoms with E-state index in [1.54, 1.807) is 12.1 Å². The minimum Gasteiger partial charge on any atom is -0.495 e. The Morgan fingerprint density at radius 3 is 2.58 bits per heavy atom. The first-order chi connectivity index (χ1) is 12.5. The van der Waals surface area contributed by atoms with E-state index in [0.717, 1.165) is 11.1 Å². The molecule has 0 saturated heterocycles. The number of ether oxygens (including phenoxy) is 2. The maximum Gasteiger partial charge on any atom is 0.316 e. The number of halogens is 1. The van der Waals surface area contributed by atoms with Gasteiger partial charge in [-0.05, 0) is 24.1 Å². The lowest BCUT2D eigenvalue weighted by Gasteiger charge is -2.12. The van der Waals surface area contributed by atoms with Crippen LogP contribution in [-0.2, 0) is 20.9 Å². The zero-order valence-electron chi connectivity index (χ0n) is 14.6. The van der Waals surface area contributed by atoms with E-state index >= 15 is 0 Å². The summed E-state index contributed by atoms with van der Waals surface area (Å²) in [5.41, 5.74) is 2.31. The third kappa shape index (κ3) is 6.28. The van der Waals surface area contributed by atoms with E-state index < -0.39 is 0 Å². The molecule has 0 bridgehead atoms. The maximum atomic E-state index is 12.1. The lowest BCUT2D eigenvalue weighted by Crippen LogP contribution is -2.17. The molecule has 1 N–H and O–H groups in total. The number of hydrogen-bond donors (Lipinski definition) is 1. The monoisotopic (exact) mass is 393 g/mol. The molecule has 0 radical (unpaired) electrons. The Bertz CT molecular complexity index is 768. The second-order valence-corrected chi connectivity index (χ2v) is 6.88. The normalized spacial score (nSPS) is 10.3. The number of hydrogen-bond acceptors (Lipinski definition) is 5. The van der Waals surface area contributed by atoms with Gasteiger partial charge in [-0.15, -0.1) is 11.8 Å². The fourth-order valence-corrected chi connectivity index (χ4v) is 2.89. The van der Waals surface area contributed by atoms with Gasteiger partial charge in [-0.3, -0.25) is 9.59 Å². The second kappa shape index (κ2) is 10.1. The molecule has 5 nitrogen and oxygen atoms in total. The Kier molecular flexibility index (Phi) is 7.81. The zero-order chi connectivity index (χ0) is 18.9. The number of thioether (sulfide) groups is 1. The third-order valence-corrected chi connectivity index (χ3v) is 4.76. The van der Waals surface area contributed by atoms with E-state index in [-0.39, 0.29) is 30.0 Å². The number of nitrogens with one attached hydrogen (secondary N) is 1. The summed E-state index contributed by atoms with van der Waals surface area (Å²) in [5.74, 6) is 0.140. The fraction of sp³-hybridized carbons (Fsp3) is 0.263. The van der Waals surface area contributed by atoms with Crippen LogP contribution in [0.5, 0.6) is 5.75 Å². The number of carbonyl (C=O) groups excluding carboxylic acids is 2. The number of esters is 1. The van der Waals surface area contributed by atoms with Crippen molar-refractivity contribution in [3.63, 3.8) is 0 Å². The summed E-state index contributed by atoms with van der Waals surface area (Å²) < 4.78 is 10.4. The number of anilines is 1. The molecule has 0 unspecified atom stereocenters. The number of aryl methyl sites for hydroxylation is 1. The summed E-state index contributed by atoms with van der Waals surface area (Å²) in [4.78, 5) is 23.8. The van der Waals surface area contributed by atoms with Crippen LogP contribution in [0.2, 0.25) is 5.02 Å². The Labute approximate surface area is 162 Å². The van der Waals surface area contributed by atoms with Crippen molar-refractivity contribution in [3.8, 4) is 5.75 Å². The van der Waals surface area contributed by atoms with Crippen LogP contribution >= 0.6 is 23.4 Å². The predicted molar refractivity (Wildman–Crippen MR) is 105 cm³/mol. The van der Waals surface area contributed by atoms with Gasteiger partial charge in [0, 0.05) is 11.1 Å². The van der Waals surface area contributed by atoms with Crippen molar-refractivity contribution in [2.75, 3.05) is 23.9 Å². The highest BCUT2D eigenvalue weighted by Gasteiger charge is 2.12. The SMILES string of the molecule is COc1cc(Cl)c(C)cc1NC(=O)CSCC(=O)OCc1ccccc1. The number of benzene rings is 2. The first kappa shape index (κ1) is 20.1. The molecule has 0 aliphatic heterocycles. The van der Waals surface area contributed by atoms with Crippen LogP contribution in [0.3, 0.4) is 0 Å². The molecule has 2 aromatic rings. The number of methoxy groups -OCH3 is 1. The van der Waals surface area contributed by atoms with Gasteiger partial charge in [-0.25, -0.2) is 0 Å². The molecule has 0 aliphatic rings. The Morgan fingerprint density at radius 1 is 1.15 bits per heavy atom. The van der Waals surface area contributed by atoms with Gasteiger partial charge in [0.2, 0.25) is 5.91 Å². The summed E-state index contributed by atoms with van der Waals surface area (Å²) in [5, 5.41) is 3.33. The summed E-state index contributed by atoms with van der Waals surface area (Å²) in [6.45, 7) is 2.07. The Balaban J connectivity index is 1.75. The van der Waals surface area contributed by atoms with Gasteiger partial charge in [0.05, 0.1) is 24.3 Å². The van der Waals surface area contributed by atoms with E-state index in [2.05, 4.69) is 5.32 Å². The molecule has 2 aromatic carbocycles. The molecule has 138 valence electrons. The molecule has 7 heteroatoms. The van der Waals surface area contributed by atoms with E-state index in [1.807, 2.05) is 37.3 Å². The lowest BCUT2D eigenvalue weighted by molar-refractivity contribution is -0.141. The largest absolute Gasteiger partial charge is 0.495 e. The van der Waals surface area contributed by atoms with Gasteiger partial charge < -0.3 is 14.8 Å². The topological polar surface area (TPSA) is 64.6 Å². The lowest BCUT2D eigenvalue weighted by atomic mass is 10.2. The van der Waals surface area contributed by atoms with E-state index in [4.69, 9.17) is 21.1 Å². The standard InChI is InChI=1S/C19H20ClNO4S/c1-13-8-16(17(24-2)9-15(13)20)21-18(22)11-26-12-19(23)25-10-14-6-4-3-5-7-14/h3-9H,10-12H2,1-2H3,(H,21,22). The summed E-state index contributed by atoms with van der Waals surface area (Å²) in [7, 11) is 1.51. The molecule has 0 atom stereocenters. The van der Waals surface area contributed by atoms with Crippen LogP contribution in [0.4, 0.5) is 5.69 Å². The van der Waals surface area contributed by atoms with E-state index in [1.165, 1.54) is 18.9 Å². The molecule has 1 amide bonds. The summed E-state index contributed by atoms with van der Waals surface area (Å²) >= 11 is 7.24.